The number of esters is 1. The van der Waals surface area contributed by atoms with E-state index in [4.69, 9.17) is 0 Å². The molecule has 1 amide bonds. The van der Waals surface area contributed by atoms with Gasteiger partial charge in [0.1, 0.15) is 11.9 Å². The Morgan fingerprint density at radius 2 is 2.19 bits per heavy atom. The molecule has 5 nitrogen and oxygen atoms in total. The minimum Gasteiger partial charge on any atom is -0.467 e. The van der Waals surface area contributed by atoms with Gasteiger partial charge in [-0.05, 0) is 12.1 Å². The molecule has 0 saturated carbocycles. The maximum atomic E-state index is 13.5. The van der Waals surface area contributed by atoms with Gasteiger partial charge in [0.05, 0.1) is 19.0 Å². The van der Waals surface area contributed by atoms with Crippen LogP contribution in [0.5, 0.6) is 0 Å². The lowest BCUT2D eigenvalue weighted by Crippen LogP contribution is -2.42. The Bertz CT molecular complexity index is 539. The number of halogens is 1. The highest BCUT2D eigenvalue weighted by molar-refractivity contribution is 8.00. The van der Waals surface area contributed by atoms with Crippen molar-refractivity contribution in [2.75, 3.05) is 19.4 Å². The van der Waals surface area contributed by atoms with Crippen molar-refractivity contribution in [3.8, 4) is 0 Å². The number of hydrogen-bond acceptors (Lipinski definition) is 5. The number of ether oxygens (including phenoxy) is 1. The SMILES string of the molecule is COC(=O)C1CC(O)CN1C(=O)CSc1ccccc1F. The number of methoxy groups -OCH3 is 1. The molecule has 1 fully saturated rings. The first kappa shape index (κ1) is 15.8. The van der Waals surface area contributed by atoms with Gasteiger partial charge in [0.2, 0.25) is 5.91 Å². The molecule has 0 radical (unpaired) electrons. The van der Waals surface area contributed by atoms with E-state index < -0.39 is 18.1 Å². The maximum absolute atomic E-state index is 13.5. The zero-order chi connectivity index (χ0) is 15.4. The van der Waals surface area contributed by atoms with Crippen LogP contribution in [0.25, 0.3) is 0 Å². The number of likely N-dealkylation sites (tertiary alicyclic amines) is 1. The van der Waals surface area contributed by atoms with Crippen LogP contribution >= 0.6 is 11.8 Å². The molecule has 2 rings (SSSR count). The van der Waals surface area contributed by atoms with E-state index in [1.54, 1.807) is 18.2 Å². The summed E-state index contributed by atoms with van der Waals surface area (Å²) in [4.78, 5) is 25.5. The standard InChI is InChI=1S/C14H16FNO4S/c1-20-14(19)11-6-9(17)7-16(11)13(18)8-21-12-5-3-2-4-10(12)15/h2-5,9,11,17H,6-8H2,1H3. The van der Waals surface area contributed by atoms with Crippen molar-refractivity contribution in [1.29, 1.82) is 0 Å². The first-order chi connectivity index (χ1) is 10.0. The highest BCUT2D eigenvalue weighted by Crippen LogP contribution is 2.24. The second-order valence-corrected chi connectivity index (χ2v) is 5.71. The molecule has 1 aliphatic rings. The molecule has 1 aromatic rings. The summed E-state index contributed by atoms with van der Waals surface area (Å²) in [5, 5.41) is 9.62. The Hall–Kier alpha value is -1.60. The Labute approximate surface area is 126 Å². The van der Waals surface area contributed by atoms with Gasteiger partial charge in [-0.2, -0.15) is 0 Å². The van der Waals surface area contributed by atoms with Gasteiger partial charge in [0.15, 0.2) is 0 Å². The van der Waals surface area contributed by atoms with E-state index in [9.17, 15) is 19.1 Å². The molecule has 7 heteroatoms. The number of carbonyl (C=O) groups is 2. The second kappa shape index (κ2) is 6.91. The van der Waals surface area contributed by atoms with E-state index in [0.717, 1.165) is 11.8 Å². The zero-order valence-electron chi connectivity index (χ0n) is 11.5. The van der Waals surface area contributed by atoms with Gasteiger partial charge in [-0.15, -0.1) is 11.8 Å². The molecule has 114 valence electrons. The summed E-state index contributed by atoms with van der Waals surface area (Å²) < 4.78 is 18.1. The van der Waals surface area contributed by atoms with Crippen LogP contribution in [-0.4, -0.2) is 53.4 Å². The average molecular weight is 313 g/mol. The summed E-state index contributed by atoms with van der Waals surface area (Å²) in [6.07, 6.45) is -0.570. The summed E-state index contributed by atoms with van der Waals surface area (Å²) in [5.41, 5.74) is 0. The fraction of sp³-hybridized carbons (Fsp3) is 0.429. The van der Waals surface area contributed by atoms with E-state index in [1.807, 2.05) is 0 Å². The van der Waals surface area contributed by atoms with Gasteiger partial charge >= 0.3 is 5.97 Å². The highest BCUT2D eigenvalue weighted by atomic mass is 32.2. The molecule has 21 heavy (non-hydrogen) atoms. The van der Waals surface area contributed by atoms with Gasteiger partial charge < -0.3 is 14.7 Å². The molecule has 1 aromatic carbocycles. The summed E-state index contributed by atoms with van der Waals surface area (Å²) in [5.74, 6) is -1.26. The smallest absolute Gasteiger partial charge is 0.328 e. The second-order valence-electron chi connectivity index (χ2n) is 4.69. The van der Waals surface area contributed by atoms with Crippen LogP contribution in [0.1, 0.15) is 6.42 Å². The number of nitrogens with zero attached hydrogens (tertiary/aromatic N) is 1. The number of benzene rings is 1. The van der Waals surface area contributed by atoms with Gasteiger partial charge in [-0.25, -0.2) is 9.18 Å². The molecule has 2 atom stereocenters. The molecular formula is C14H16FNO4S. The number of carbonyl (C=O) groups excluding carboxylic acids is 2. The lowest BCUT2D eigenvalue weighted by molar-refractivity contribution is -0.150. The molecule has 2 unspecified atom stereocenters. The molecule has 1 N–H and O–H groups in total. The predicted octanol–water partition coefficient (Wildman–Crippen LogP) is 1.05. The van der Waals surface area contributed by atoms with Crippen molar-refractivity contribution in [3.63, 3.8) is 0 Å². The minimum absolute atomic E-state index is 0.00114. The molecule has 0 bridgehead atoms. The third kappa shape index (κ3) is 3.74. The number of rotatable bonds is 4. The van der Waals surface area contributed by atoms with E-state index in [0.29, 0.717) is 4.90 Å². The van der Waals surface area contributed by atoms with Crippen LogP contribution in [0.4, 0.5) is 4.39 Å². The first-order valence-electron chi connectivity index (χ1n) is 6.45. The summed E-state index contributed by atoms with van der Waals surface area (Å²) in [6, 6.07) is 5.41. The van der Waals surface area contributed by atoms with Crippen molar-refractivity contribution in [2.45, 2.75) is 23.5 Å². The zero-order valence-corrected chi connectivity index (χ0v) is 12.3. The first-order valence-corrected chi connectivity index (χ1v) is 7.44. The van der Waals surface area contributed by atoms with Crippen LogP contribution in [0, 0.1) is 5.82 Å². The number of aliphatic hydroxyl groups excluding tert-OH is 1. The third-order valence-electron chi connectivity index (χ3n) is 3.26. The molecule has 1 heterocycles. The van der Waals surface area contributed by atoms with Gasteiger partial charge in [-0.3, -0.25) is 4.79 Å². The molecule has 1 aliphatic heterocycles. The Morgan fingerprint density at radius 3 is 2.86 bits per heavy atom. The van der Waals surface area contributed by atoms with Crippen LogP contribution in [0.2, 0.25) is 0 Å². The molecule has 0 spiro atoms. The van der Waals surface area contributed by atoms with Crippen molar-refractivity contribution in [2.24, 2.45) is 0 Å². The monoisotopic (exact) mass is 313 g/mol. The highest BCUT2D eigenvalue weighted by Gasteiger charge is 2.39. The lowest BCUT2D eigenvalue weighted by atomic mass is 10.2. The average Bonchev–Trinajstić information content (AvgIpc) is 2.87. The van der Waals surface area contributed by atoms with E-state index in [1.165, 1.54) is 18.1 Å². The lowest BCUT2D eigenvalue weighted by Gasteiger charge is -2.22. The van der Waals surface area contributed by atoms with Crippen molar-refractivity contribution in [3.05, 3.63) is 30.1 Å². The number of amides is 1. The molecule has 0 aliphatic carbocycles. The summed E-state index contributed by atoms with van der Waals surface area (Å²) >= 11 is 1.06. The largest absolute Gasteiger partial charge is 0.467 e. The van der Waals surface area contributed by atoms with Crippen molar-refractivity contribution >= 4 is 23.6 Å². The normalized spacial score (nSPS) is 21.4. The minimum atomic E-state index is -0.765. The molecule has 1 saturated heterocycles. The third-order valence-corrected chi connectivity index (χ3v) is 4.29. The van der Waals surface area contributed by atoms with Gasteiger partial charge in [0, 0.05) is 17.9 Å². The van der Waals surface area contributed by atoms with Crippen LogP contribution in [0.3, 0.4) is 0 Å². The predicted molar refractivity (Wildman–Crippen MR) is 75.3 cm³/mol. The Kier molecular flexibility index (Phi) is 5.19. The van der Waals surface area contributed by atoms with Crippen LogP contribution in [0.15, 0.2) is 29.2 Å². The number of hydrogen-bond donors (Lipinski definition) is 1. The van der Waals surface area contributed by atoms with E-state index in [2.05, 4.69) is 4.74 Å². The summed E-state index contributed by atoms with van der Waals surface area (Å²) in [6.45, 7) is 0.0937. The number of thioether (sulfide) groups is 1. The van der Waals surface area contributed by atoms with Crippen LogP contribution < -0.4 is 0 Å². The number of aliphatic hydroxyl groups is 1. The fourth-order valence-corrected chi connectivity index (χ4v) is 3.06. The summed E-state index contributed by atoms with van der Waals surface area (Å²) in [7, 11) is 1.24. The Morgan fingerprint density at radius 1 is 1.48 bits per heavy atom. The maximum Gasteiger partial charge on any atom is 0.328 e. The molecule has 0 aromatic heterocycles. The molecular weight excluding hydrogens is 297 g/mol. The van der Waals surface area contributed by atoms with Gasteiger partial charge in [0.25, 0.3) is 0 Å². The van der Waals surface area contributed by atoms with E-state index >= 15 is 0 Å². The van der Waals surface area contributed by atoms with Crippen molar-refractivity contribution < 1.29 is 23.8 Å². The van der Waals surface area contributed by atoms with Gasteiger partial charge in [-0.1, -0.05) is 12.1 Å². The quantitative estimate of drug-likeness (QED) is 0.665. The topological polar surface area (TPSA) is 66.8 Å². The van der Waals surface area contributed by atoms with Crippen molar-refractivity contribution in [1.82, 2.24) is 4.90 Å². The fourth-order valence-electron chi connectivity index (χ4n) is 2.23. The van der Waals surface area contributed by atoms with Crippen LogP contribution in [-0.2, 0) is 14.3 Å². The van der Waals surface area contributed by atoms with E-state index in [-0.39, 0.29) is 30.4 Å². The number of β-amino-alcohol motifs (C(OH)–C–C–N with tert-alkyl or cyclic N) is 1. The Balaban J connectivity index is 1.99.